The molecule has 0 aromatic carbocycles. The van der Waals surface area contributed by atoms with Gasteiger partial charge in [-0.3, -0.25) is 13.9 Å². The van der Waals surface area contributed by atoms with E-state index in [0.717, 1.165) is 0 Å². The number of ether oxygens (including phenoxy) is 1. The van der Waals surface area contributed by atoms with Crippen molar-refractivity contribution in [3.63, 3.8) is 0 Å². The van der Waals surface area contributed by atoms with Crippen LogP contribution in [-0.2, 0) is 36.8 Å². The zero-order chi connectivity index (χ0) is 19.5. The van der Waals surface area contributed by atoms with E-state index in [0.29, 0.717) is 0 Å². The molecule has 0 fully saturated rings. The van der Waals surface area contributed by atoms with Crippen LogP contribution >= 0.6 is 15.2 Å². The van der Waals surface area contributed by atoms with Crippen LogP contribution in [0.25, 0.3) is 0 Å². The van der Waals surface area contributed by atoms with Crippen LogP contribution in [0, 0.1) is 0 Å². The monoisotopic (exact) mass is 403 g/mol. The van der Waals surface area contributed by atoms with Gasteiger partial charge >= 0.3 is 21.2 Å². The number of rotatable bonds is 14. The molecule has 0 radical (unpaired) electrons. The molecule has 25 heavy (non-hydrogen) atoms. The molecule has 150 valence electrons. The van der Waals surface area contributed by atoms with E-state index in [9.17, 15) is 13.9 Å². The second-order valence-electron chi connectivity index (χ2n) is 4.83. The van der Waals surface area contributed by atoms with Gasteiger partial charge in [0, 0.05) is 0 Å². The molecule has 0 aliphatic heterocycles. The van der Waals surface area contributed by atoms with Gasteiger partial charge in [0.1, 0.15) is 6.04 Å². The van der Waals surface area contributed by atoms with Crippen molar-refractivity contribution >= 4 is 21.2 Å². The van der Waals surface area contributed by atoms with Gasteiger partial charge in [0.15, 0.2) is 5.40 Å². The minimum Gasteiger partial charge on any atom is -0.465 e. The molecule has 2 N–H and O–H groups in total. The fraction of sp³-hybridized carbons (Fsp3) is 0.929. The second kappa shape index (κ2) is 12.2. The Bertz CT molecular complexity index is 437. The first-order valence-electron chi connectivity index (χ1n) is 8.44. The Balaban J connectivity index is 5.88. The van der Waals surface area contributed by atoms with Crippen molar-refractivity contribution in [2.24, 2.45) is 5.73 Å². The molecule has 0 aliphatic rings. The fourth-order valence-corrected chi connectivity index (χ4v) is 7.58. The van der Waals surface area contributed by atoms with Crippen molar-refractivity contribution in [1.29, 1.82) is 0 Å². The predicted molar refractivity (Wildman–Crippen MR) is 94.7 cm³/mol. The van der Waals surface area contributed by atoms with Crippen LogP contribution in [0.5, 0.6) is 0 Å². The van der Waals surface area contributed by atoms with Gasteiger partial charge in [-0.05, 0) is 41.0 Å². The summed E-state index contributed by atoms with van der Waals surface area (Å²) in [6.45, 7) is 8.50. The standard InChI is InChI=1S/C14H31NO8P2/c1-6-19-14(16)12(15)11-13(24(17,20-7-2)21-8-3)25(18,22-9-4)23-10-5/h12-13H,6-11,15H2,1-5H3. The van der Waals surface area contributed by atoms with Crippen LogP contribution in [0.1, 0.15) is 41.0 Å². The first-order valence-corrected chi connectivity index (χ1v) is 11.7. The van der Waals surface area contributed by atoms with Crippen LogP contribution in [0.15, 0.2) is 0 Å². The van der Waals surface area contributed by atoms with Crippen molar-refractivity contribution in [2.75, 3.05) is 33.0 Å². The van der Waals surface area contributed by atoms with E-state index in [1.165, 1.54) is 0 Å². The van der Waals surface area contributed by atoms with Crippen LogP contribution in [0.4, 0.5) is 0 Å². The second-order valence-corrected chi connectivity index (χ2v) is 9.67. The average Bonchev–Trinajstić information content (AvgIpc) is 2.53. The topological polar surface area (TPSA) is 123 Å². The predicted octanol–water partition coefficient (Wildman–Crippen LogP) is 3.13. The maximum Gasteiger partial charge on any atom is 0.345 e. The molecule has 0 bridgehead atoms. The van der Waals surface area contributed by atoms with Crippen LogP contribution in [0.2, 0.25) is 0 Å². The summed E-state index contributed by atoms with van der Waals surface area (Å²) in [6.07, 6.45) is -0.284. The highest BCUT2D eigenvalue weighted by molar-refractivity contribution is 7.72. The lowest BCUT2D eigenvalue weighted by molar-refractivity contribution is -0.144. The molecule has 0 aromatic heterocycles. The normalized spacial score (nSPS) is 13.9. The highest BCUT2D eigenvalue weighted by Gasteiger charge is 2.52. The Morgan fingerprint density at radius 1 is 0.800 bits per heavy atom. The molecule has 9 nitrogen and oxygen atoms in total. The third-order valence-corrected chi connectivity index (χ3v) is 9.07. The van der Waals surface area contributed by atoms with Gasteiger partial charge in [0.25, 0.3) is 0 Å². The smallest absolute Gasteiger partial charge is 0.345 e. The van der Waals surface area contributed by atoms with Gasteiger partial charge in [-0.1, -0.05) is 0 Å². The van der Waals surface area contributed by atoms with Crippen LogP contribution < -0.4 is 5.73 Å². The zero-order valence-corrected chi connectivity index (χ0v) is 17.4. The van der Waals surface area contributed by atoms with Gasteiger partial charge < -0.3 is 28.6 Å². The largest absolute Gasteiger partial charge is 0.465 e. The Morgan fingerprint density at radius 2 is 1.16 bits per heavy atom. The first-order chi connectivity index (χ1) is 11.7. The van der Waals surface area contributed by atoms with Crippen molar-refractivity contribution in [3.05, 3.63) is 0 Å². The Labute approximate surface area is 149 Å². The maximum atomic E-state index is 13.2. The van der Waals surface area contributed by atoms with E-state index in [2.05, 4.69) is 0 Å². The Hall–Kier alpha value is -0.270. The maximum absolute atomic E-state index is 13.2. The van der Waals surface area contributed by atoms with Crippen molar-refractivity contribution in [3.8, 4) is 0 Å². The van der Waals surface area contributed by atoms with Gasteiger partial charge in [-0.25, -0.2) is 0 Å². The molecule has 1 atom stereocenters. The van der Waals surface area contributed by atoms with E-state index in [1.54, 1.807) is 34.6 Å². The van der Waals surface area contributed by atoms with Crippen molar-refractivity contribution in [1.82, 2.24) is 0 Å². The van der Waals surface area contributed by atoms with Crippen LogP contribution in [-0.4, -0.2) is 50.4 Å². The summed E-state index contributed by atoms with van der Waals surface area (Å²) >= 11 is 0. The lowest BCUT2D eigenvalue weighted by Crippen LogP contribution is -2.36. The van der Waals surface area contributed by atoms with Crippen LogP contribution in [0.3, 0.4) is 0 Å². The number of nitrogens with two attached hydrogens (primary N) is 1. The number of carbonyl (C=O) groups is 1. The molecule has 11 heteroatoms. The third-order valence-electron chi connectivity index (χ3n) is 3.02. The SMILES string of the molecule is CCOC(=O)C(N)CC(P(=O)(OCC)OCC)P(=O)(OCC)OCC. The van der Waals surface area contributed by atoms with Gasteiger partial charge in [0.05, 0.1) is 33.0 Å². The third kappa shape index (κ3) is 7.47. The average molecular weight is 403 g/mol. The summed E-state index contributed by atoms with van der Waals surface area (Å²) < 4.78 is 52.6. The van der Waals surface area contributed by atoms with E-state index < -0.39 is 32.6 Å². The number of hydrogen-bond donors (Lipinski definition) is 1. The summed E-state index contributed by atoms with van der Waals surface area (Å²) in [7, 11) is -7.85. The summed E-state index contributed by atoms with van der Waals surface area (Å²) in [4.78, 5) is 11.9. The molecular formula is C14H31NO8P2. The number of esters is 1. The molecule has 0 spiro atoms. The molecule has 0 saturated carbocycles. The fourth-order valence-electron chi connectivity index (χ4n) is 2.14. The van der Waals surface area contributed by atoms with E-state index >= 15 is 0 Å². The molecular weight excluding hydrogens is 372 g/mol. The highest BCUT2D eigenvalue weighted by Crippen LogP contribution is 2.71. The molecule has 0 aromatic rings. The quantitative estimate of drug-likeness (QED) is 0.344. The molecule has 0 rings (SSSR count). The Morgan fingerprint density at radius 3 is 1.44 bits per heavy atom. The van der Waals surface area contributed by atoms with Gasteiger partial charge in [-0.15, -0.1) is 0 Å². The van der Waals surface area contributed by atoms with Crippen molar-refractivity contribution < 1.29 is 36.8 Å². The Kier molecular flexibility index (Phi) is 12.0. The van der Waals surface area contributed by atoms with E-state index in [1.807, 2.05) is 0 Å². The van der Waals surface area contributed by atoms with E-state index in [4.69, 9.17) is 28.6 Å². The van der Waals surface area contributed by atoms with Gasteiger partial charge in [-0.2, -0.15) is 0 Å². The summed E-state index contributed by atoms with van der Waals surface area (Å²) in [5, 5.41) is -1.33. The first kappa shape index (κ1) is 24.7. The zero-order valence-electron chi connectivity index (χ0n) is 15.6. The van der Waals surface area contributed by atoms with Gasteiger partial charge in [0.2, 0.25) is 0 Å². The highest BCUT2D eigenvalue weighted by atomic mass is 31.2. The molecule has 0 aliphatic carbocycles. The minimum absolute atomic E-state index is 0.0562. The lowest BCUT2D eigenvalue weighted by Gasteiger charge is -2.32. The number of carbonyl (C=O) groups excluding carboxylic acids is 1. The lowest BCUT2D eigenvalue weighted by atomic mass is 10.2. The summed E-state index contributed by atoms with van der Waals surface area (Å²) in [6, 6.07) is -1.17. The molecule has 0 saturated heterocycles. The number of hydrogen-bond acceptors (Lipinski definition) is 9. The minimum atomic E-state index is -3.92. The van der Waals surface area contributed by atoms with E-state index in [-0.39, 0.29) is 39.5 Å². The molecule has 1 unspecified atom stereocenters. The summed E-state index contributed by atoms with van der Waals surface area (Å²) in [5.74, 6) is -0.702. The van der Waals surface area contributed by atoms with Crippen molar-refractivity contribution in [2.45, 2.75) is 52.5 Å². The molecule has 0 amide bonds. The summed E-state index contributed by atoms with van der Waals surface area (Å²) in [5.41, 5.74) is 5.84. The molecule has 0 heterocycles.